The lowest BCUT2D eigenvalue weighted by Crippen LogP contribution is -2.40. The first kappa shape index (κ1) is 25.2. The molecule has 30 heavy (non-hydrogen) atoms. The lowest BCUT2D eigenvalue weighted by Gasteiger charge is -2.22. The van der Waals surface area contributed by atoms with Crippen molar-refractivity contribution in [3.63, 3.8) is 0 Å². The number of carbonyl (C=O) groups is 4. The van der Waals surface area contributed by atoms with Gasteiger partial charge in [-0.2, -0.15) is 0 Å². The van der Waals surface area contributed by atoms with Crippen molar-refractivity contribution in [3.8, 4) is 0 Å². The fraction of sp³-hybridized carbons (Fsp3) is 0.364. The van der Waals surface area contributed by atoms with E-state index in [4.69, 9.17) is 9.47 Å². The number of benzene rings is 1. The zero-order valence-corrected chi connectivity index (χ0v) is 18.3. The standard InChI is InChI=1S/C22H26O7S/c1-5-28-21(25)19(22(26)29-6-2)20(30-16-13-11-15(3)12-14-16)17(23)9-7-8-10-18(24)27-4/h7-14,19-20H,5-6H2,1-4H3/b9-7+,10-8+. The predicted octanol–water partition coefficient (Wildman–Crippen LogP) is 3.05. The van der Waals surface area contributed by atoms with Crippen LogP contribution in [0.25, 0.3) is 0 Å². The number of hydrogen-bond donors (Lipinski definition) is 0. The van der Waals surface area contributed by atoms with Gasteiger partial charge in [0.1, 0.15) is 0 Å². The number of allylic oxidation sites excluding steroid dienone is 3. The fourth-order valence-corrected chi connectivity index (χ4v) is 3.45. The van der Waals surface area contributed by atoms with E-state index in [1.54, 1.807) is 26.0 Å². The molecule has 0 saturated carbocycles. The zero-order valence-electron chi connectivity index (χ0n) is 17.5. The average molecular weight is 435 g/mol. The predicted molar refractivity (Wildman–Crippen MR) is 113 cm³/mol. The molecule has 0 aliphatic carbocycles. The maximum absolute atomic E-state index is 12.9. The van der Waals surface area contributed by atoms with Crippen molar-refractivity contribution in [1.29, 1.82) is 0 Å². The molecular weight excluding hydrogens is 408 g/mol. The molecule has 1 atom stereocenters. The largest absolute Gasteiger partial charge is 0.466 e. The van der Waals surface area contributed by atoms with Crippen LogP contribution in [0.4, 0.5) is 0 Å². The Morgan fingerprint density at radius 2 is 1.47 bits per heavy atom. The molecule has 7 nitrogen and oxygen atoms in total. The molecule has 0 saturated heterocycles. The topological polar surface area (TPSA) is 96.0 Å². The van der Waals surface area contributed by atoms with Crippen LogP contribution in [0.2, 0.25) is 0 Å². The van der Waals surface area contributed by atoms with Gasteiger partial charge in [0, 0.05) is 11.0 Å². The highest BCUT2D eigenvalue weighted by molar-refractivity contribution is 8.00. The number of rotatable bonds is 11. The van der Waals surface area contributed by atoms with E-state index >= 15 is 0 Å². The lowest BCUT2D eigenvalue weighted by molar-refractivity contribution is -0.162. The Kier molecular flexibility index (Phi) is 11.2. The van der Waals surface area contributed by atoms with E-state index in [1.807, 2.05) is 19.1 Å². The lowest BCUT2D eigenvalue weighted by atomic mass is 10.0. The highest BCUT2D eigenvalue weighted by atomic mass is 32.2. The van der Waals surface area contributed by atoms with Gasteiger partial charge < -0.3 is 14.2 Å². The number of aryl methyl sites for hydroxylation is 1. The van der Waals surface area contributed by atoms with Crippen molar-refractivity contribution in [2.75, 3.05) is 20.3 Å². The first-order valence-corrected chi connectivity index (χ1v) is 10.2. The highest BCUT2D eigenvalue weighted by Crippen LogP contribution is 2.31. The van der Waals surface area contributed by atoms with Crippen LogP contribution < -0.4 is 0 Å². The molecule has 162 valence electrons. The molecule has 0 aromatic heterocycles. The van der Waals surface area contributed by atoms with Crippen LogP contribution in [-0.2, 0) is 33.4 Å². The summed E-state index contributed by atoms with van der Waals surface area (Å²) in [5.74, 6) is -4.16. The van der Waals surface area contributed by atoms with Crippen LogP contribution in [0.15, 0.2) is 53.5 Å². The molecule has 0 spiro atoms. The Morgan fingerprint density at radius 1 is 0.933 bits per heavy atom. The monoisotopic (exact) mass is 434 g/mol. The van der Waals surface area contributed by atoms with Gasteiger partial charge in [-0.1, -0.05) is 29.8 Å². The third-order valence-corrected chi connectivity index (χ3v) is 5.06. The Bertz CT molecular complexity index is 778. The molecule has 0 aliphatic heterocycles. The molecule has 0 heterocycles. The van der Waals surface area contributed by atoms with Crippen molar-refractivity contribution in [3.05, 3.63) is 54.1 Å². The van der Waals surface area contributed by atoms with Gasteiger partial charge in [0.25, 0.3) is 0 Å². The molecule has 1 aromatic carbocycles. The number of esters is 3. The second-order valence-electron chi connectivity index (χ2n) is 5.98. The van der Waals surface area contributed by atoms with Crippen LogP contribution in [0.3, 0.4) is 0 Å². The molecule has 0 fully saturated rings. The maximum Gasteiger partial charge on any atom is 0.330 e. The number of ketones is 1. The smallest absolute Gasteiger partial charge is 0.330 e. The van der Waals surface area contributed by atoms with E-state index in [-0.39, 0.29) is 13.2 Å². The van der Waals surface area contributed by atoms with Gasteiger partial charge in [-0.3, -0.25) is 14.4 Å². The molecule has 0 radical (unpaired) electrons. The van der Waals surface area contributed by atoms with Gasteiger partial charge in [-0.15, -0.1) is 11.8 Å². The molecule has 0 aliphatic rings. The maximum atomic E-state index is 12.9. The Balaban J connectivity index is 3.24. The summed E-state index contributed by atoms with van der Waals surface area (Å²) in [6, 6.07) is 7.33. The van der Waals surface area contributed by atoms with E-state index < -0.39 is 34.9 Å². The van der Waals surface area contributed by atoms with E-state index in [0.717, 1.165) is 23.4 Å². The molecule has 8 heteroatoms. The second kappa shape index (κ2) is 13.4. The molecular formula is C22H26O7S. The van der Waals surface area contributed by atoms with Gasteiger partial charge >= 0.3 is 17.9 Å². The Labute approximate surface area is 180 Å². The Hall–Kier alpha value is -2.87. The molecule has 1 unspecified atom stereocenters. The van der Waals surface area contributed by atoms with Crippen LogP contribution in [0, 0.1) is 12.8 Å². The number of ether oxygens (including phenoxy) is 3. The zero-order chi connectivity index (χ0) is 22.5. The third kappa shape index (κ3) is 8.24. The minimum absolute atomic E-state index is 0.0581. The van der Waals surface area contributed by atoms with E-state index in [2.05, 4.69) is 4.74 Å². The van der Waals surface area contributed by atoms with E-state index in [0.29, 0.717) is 4.90 Å². The number of carbonyl (C=O) groups excluding carboxylic acids is 4. The van der Waals surface area contributed by atoms with Crippen LogP contribution >= 0.6 is 11.8 Å². The Morgan fingerprint density at radius 3 is 1.97 bits per heavy atom. The fourth-order valence-electron chi connectivity index (χ4n) is 2.31. The summed E-state index contributed by atoms with van der Waals surface area (Å²) in [7, 11) is 1.24. The van der Waals surface area contributed by atoms with Crippen molar-refractivity contribution in [2.45, 2.75) is 30.9 Å². The minimum Gasteiger partial charge on any atom is -0.466 e. The third-order valence-electron chi connectivity index (χ3n) is 3.75. The molecule has 1 aromatic rings. The summed E-state index contributed by atoms with van der Waals surface area (Å²) < 4.78 is 14.5. The van der Waals surface area contributed by atoms with E-state index in [9.17, 15) is 19.2 Å². The van der Waals surface area contributed by atoms with Crippen LogP contribution in [0.1, 0.15) is 19.4 Å². The summed E-state index contributed by atoms with van der Waals surface area (Å²) in [6.45, 7) is 5.27. The SMILES string of the molecule is CCOC(=O)C(C(=O)OCC)C(Sc1ccc(C)cc1)C(=O)/C=C/C=C/C(=O)OC. The van der Waals surface area contributed by atoms with Gasteiger partial charge in [0.2, 0.25) is 0 Å². The normalized spacial score (nSPS) is 12.2. The highest BCUT2D eigenvalue weighted by Gasteiger charge is 2.41. The summed E-state index contributed by atoms with van der Waals surface area (Å²) in [5, 5.41) is -1.10. The average Bonchev–Trinajstić information content (AvgIpc) is 2.72. The summed E-state index contributed by atoms with van der Waals surface area (Å²) in [5.41, 5.74) is 1.03. The first-order chi connectivity index (χ1) is 14.3. The van der Waals surface area contributed by atoms with Gasteiger partial charge in [-0.25, -0.2) is 4.79 Å². The number of hydrogen-bond acceptors (Lipinski definition) is 8. The summed E-state index contributed by atoms with van der Waals surface area (Å²) >= 11 is 1.07. The first-order valence-electron chi connectivity index (χ1n) is 9.37. The quantitative estimate of drug-likeness (QED) is 0.131. The number of methoxy groups -OCH3 is 1. The molecule has 0 N–H and O–H groups in total. The molecule has 0 bridgehead atoms. The van der Waals surface area contributed by atoms with Gasteiger partial charge in [0.15, 0.2) is 11.7 Å². The number of thioether (sulfide) groups is 1. The molecule has 0 amide bonds. The van der Waals surface area contributed by atoms with Crippen molar-refractivity contribution in [2.24, 2.45) is 5.92 Å². The van der Waals surface area contributed by atoms with Crippen LogP contribution in [0.5, 0.6) is 0 Å². The van der Waals surface area contributed by atoms with Gasteiger partial charge in [0.05, 0.1) is 25.6 Å². The molecule has 1 rings (SSSR count). The minimum atomic E-state index is -1.43. The van der Waals surface area contributed by atoms with Crippen molar-refractivity contribution in [1.82, 2.24) is 0 Å². The van der Waals surface area contributed by atoms with Crippen molar-refractivity contribution >= 4 is 35.5 Å². The van der Waals surface area contributed by atoms with E-state index in [1.165, 1.54) is 25.3 Å². The van der Waals surface area contributed by atoms with Crippen molar-refractivity contribution < 1.29 is 33.4 Å². The summed E-state index contributed by atoms with van der Waals surface area (Å²) in [4.78, 5) is 49.8. The van der Waals surface area contributed by atoms with Gasteiger partial charge in [-0.05, 0) is 39.0 Å². The van der Waals surface area contributed by atoms with Crippen LogP contribution in [-0.4, -0.2) is 49.3 Å². The second-order valence-corrected chi connectivity index (χ2v) is 7.19. The summed E-state index contributed by atoms with van der Waals surface area (Å²) in [6.07, 6.45) is 5.01.